The summed E-state index contributed by atoms with van der Waals surface area (Å²) in [6.07, 6.45) is 1.66. The van der Waals surface area contributed by atoms with Crippen molar-refractivity contribution in [2.45, 2.75) is 10.1 Å². The van der Waals surface area contributed by atoms with E-state index in [1.165, 1.54) is 11.3 Å². The second kappa shape index (κ2) is 7.75. The third-order valence-electron chi connectivity index (χ3n) is 3.50. The summed E-state index contributed by atoms with van der Waals surface area (Å²) in [5.41, 5.74) is 2.67. The van der Waals surface area contributed by atoms with Gasteiger partial charge < -0.3 is 4.42 Å². The van der Waals surface area contributed by atoms with Crippen molar-refractivity contribution >= 4 is 46.9 Å². The molecule has 0 aliphatic rings. The third kappa shape index (κ3) is 3.91. The van der Waals surface area contributed by atoms with Gasteiger partial charge in [0.25, 0.3) is 0 Å². The summed E-state index contributed by atoms with van der Waals surface area (Å²) < 4.78 is 8.96. The van der Waals surface area contributed by atoms with E-state index < -0.39 is 0 Å². The Morgan fingerprint density at radius 1 is 1.15 bits per heavy atom. The molecule has 0 aliphatic heterocycles. The summed E-state index contributed by atoms with van der Waals surface area (Å²) in [7, 11) is 0. The minimum Gasteiger partial charge on any atom is -0.444 e. The maximum atomic E-state index is 6.02. The van der Waals surface area contributed by atoms with Crippen LogP contribution in [0.15, 0.2) is 69.6 Å². The van der Waals surface area contributed by atoms with Crippen LogP contribution in [0.25, 0.3) is 17.1 Å². The second-order valence-corrected chi connectivity index (χ2v) is 8.61. The second-order valence-electron chi connectivity index (χ2n) is 5.32. The molecular formula is C18H12ClN3OS3. The lowest BCUT2D eigenvalue weighted by molar-refractivity contribution is 0.573. The molecule has 0 saturated heterocycles. The quantitative estimate of drug-likeness (QED) is 0.283. The molecule has 0 fully saturated rings. The van der Waals surface area contributed by atoms with Gasteiger partial charge in [0.1, 0.15) is 6.26 Å². The van der Waals surface area contributed by atoms with Gasteiger partial charge in [-0.3, -0.25) is 0 Å². The molecule has 26 heavy (non-hydrogen) atoms. The van der Waals surface area contributed by atoms with Gasteiger partial charge in [-0.05, 0) is 42.5 Å². The average Bonchev–Trinajstić information content (AvgIpc) is 3.27. The Morgan fingerprint density at radius 3 is 2.81 bits per heavy atom. The van der Waals surface area contributed by atoms with E-state index in [9.17, 15) is 0 Å². The van der Waals surface area contributed by atoms with Gasteiger partial charge in [0.2, 0.25) is 5.89 Å². The number of aromatic nitrogens is 3. The number of rotatable bonds is 5. The van der Waals surface area contributed by atoms with Crippen molar-refractivity contribution in [3.63, 3.8) is 0 Å². The normalized spacial score (nSPS) is 11.0. The summed E-state index contributed by atoms with van der Waals surface area (Å²) in [4.78, 5) is 4.52. The Hall–Kier alpha value is -1.93. The summed E-state index contributed by atoms with van der Waals surface area (Å²) in [5, 5.41) is 5.25. The number of hydrogen-bond acceptors (Lipinski definition) is 6. The first-order valence-corrected chi connectivity index (χ1v) is 10.3. The van der Waals surface area contributed by atoms with Gasteiger partial charge in [0.05, 0.1) is 11.4 Å². The molecule has 0 unspecified atom stereocenters. The van der Waals surface area contributed by atoms with Crippen molar-refractivity contribution in [2.24, 2.45) is 0 Å². The molecule has 0 spiro atoms. The molecule has 4 rings (SSSR count). The van der Waals surface area contributed by atoms with E-state index in [1.807, 2.05) is 54.6 Å². The molecule has 0 amide bonds. The lowest BCUT2D eigenvalue weighted by Gasteiger charge is -1.98. The van der Waals surface area contributed by atoms with Crippen LogP contribution in [-0.2, 0) is 5.75 Å². The van der Waals surface area contributed by atoms with Crippen LogP contribution in [0.2, 0.25) is 5.02 Å². The van der Waals surface area contributed by atoms with E-state index in [-0.39, 0.29) is 0 Å². The van der Waals surface area contributed by atoms with Crippen molar-refractivity contribution in [3.8, 4) is 17.1 Å². The van der Waals surface area contributed by atoms with Crippen molar-refractivity contribution in [1.29, 1.82) is 0 Å². The molecule has 0 N–H and O–H groups in total. The Labute approximate surface area is 168 Å². The Morgan fingerprint density at radius 2 is 2.00 bits per heavy atom. The zero-order chi connectivity index (χ0) is 17.9. The summed E-state index contributed by atoms with van der Waals surface area (Å²) in [5.74, 6) is 1.21. The van der Waals surface area contributed by atoms with E-state index in [0.717, 1.165) is 25.2 Å². The van der Waals surface area contributed by atoms with Crippen LogP contribution >= 0.6 is 46.9 Å². The fraction of sp³-hybridized carbons (Fsp3) is 0.0556. The third-order valence-corrected chi connectivity index (χ3v) is 6.13. The van der Waals surface area contributed by atoms with Gasteiger partial charge in [-0.2, -0.15) is 0 Å². The van der Waals surface area contributed by atoms with Crippen molar-refractivity contribution in [2.75, 3.05) is 0 Å². The fourth-order valence-corrected chi connectivity index (χ4v) is 4.74. The maximum Gasteiger partial charge on any atom is 0.226 e. The molecule has 2 heterocycles. The van der Waals surface area contributed by atoms with Gasteiger partial charge in [0, 0.05) is 16.3 Å². The molecule has 2 aromatic carbocycles. The number of hydrogen-bond donors (Lipinski definition) is 0. The van der Waals surface area contributed by atoms with Gasteiger partial charge >= 0.3 is 0 Å². The predicted molar refractivity (Wildman–Crippen MR) is 109 cm³/mol. The molecule has 4 aromatic rings. The number of halogens is 1. The monoisotopic (exact) mass is 417 g/mol. The molecule has 4 nitrogen and oxygen atoms in total. The molecule has 0 saturated carbocycles. The standard InChI is InChI=1S/C18H12ClN3OS3/c19-13-6-4-5-12(9-13)16-20-14(10-23-16)11-25-17-21-22(18(24)26-17)15-7-2-1-3-8-15/h1-10H,11H2. The highest BCUT2D eigenvalue weighted by atomic mass is 35.5. The molecule has 8 heteroatoms. The highest BCUT2D eigenvalue weighted by Gasteiger charge is 2.10. The molecule has 130 valence electrons. The zero-order valence-electron chi connectivity index (χ0n) is 13.3. The van der Waals surface area contributed by atoms with E-state index in [1.54, 1.807) is 22.7 Å². The zero-order valence-corrected chi connectivity index (χ0v) is 16.5. The van der Waals surface area contributed by atoms with E-state index in [0.29, 0.717) is 16.7 Å². The first-order chi connectivity index (χ1) is 12.7. The van der Waals surface area contributed by atoms with E-state index >= 15 is 0 Å². The summed E-state index contributed by atoms with van der Waals surface area (Å²) in [6, 6.07) is 17.3. The van der Waals surface area contributed by atoms with Crippen LogP contribution in [0.5, 0.6) is 0 Å². The minimum atomic E-state index is 0.561. The molecular weight excluding hydrogens is 406 g/mol. The number of oxazole rings is 1. The van der Waals surface area contributed by atoms with Gasteiger partial charge in [-0.15, -0.1) is 5.10 Å². The highest BCUT2D eigenvalue weighted by Crippen LogP contribution is 2.28. The highest BCUT2D eigenvalue weighted by molar-refractivity contribution is 8.00. The summed E-state index contributed by atoms with van der Waals surface area (Å²) >= 11 is 14.5. The molecule has 0 bridgehead atoms. The summed E-state index contributed by atoms with van der Waals surface area (Å²) in [6.45, 7) is 0. The van der Waals surface area contributed by atoms with Crippen LogP contribution in [-0.4, -0.2) is 14.8 Å². The molecule has 0 radical (unpaired) electrons. The lowest BCUT2D eigenvalue weighted by atomic mass is 10.2. The molecule has 0 atom stereocenters. The van der Waals surface area contributed by atoms with E-state index in [2.05, 4.69) is 10.1 Å². The van der Waals surface area contributed by atoms with E-state index in [4.69, 9.17) is 28.2 Å². The predicted octanol–water partition coefficient (Wildman–Crippen LogP) is 6.26. The molecule has 2 aromatic heterocycles. The number of thioether (sulfide) groups is 1. The minimum absolute atomic E-state index is 0.561. The van der Waals surface area contributed by atoms with Gasteiger partial charge in [-0.25, -0.2) is 9.67 Å². The largest absolute Gasteiger partial charge is 0.444 e. The van der Waals surface area contributed by atoms with Crippen LogP contribution < -0.4 is 0 Å². The Bertz CT molecular complexity index is 1090. The SMILES string of the molecule is S=c1sc(SCc2coc(-c3cccc(Cl)c3)n2)nn1-c1ccccc1. The smallest absolute Gasteiger partial charge is 0.226 e. The fourth-order valence-electron chi connectivity index (χ4n) is 2.31. The van der Waals surface area contributed by atoms with Crippen LogP contribution in [0.3, 0.4) is 0 Å². The topological polar surface area (TPSA) is 43.9 Å². The Balaban J connectivity index is 1.48. The van der Waals surface area contributed by atoms with Crippen LogP contribution in [0, 0.1) is 3.95 Å². The Kier molecular flexibility index (Phi) is 5.21. The van der Waals surface area contributed by atoms with Gasteiger partial charge in [-0.1, -0.05) is 59.0 Å². The van der Waals surface area contributed by atoms with Crippen molar-refractivity contribution < 1.29 is 4.42 Å². The van der Waals surface area contributed by atoms with Crippen molar-refractivity contribution in [3.05, 3.63) is 75.5 Å². The first kappa shape index (κ1) is 17.5. The molecule has 0 aliphatic carbocycles. The first-order valence-electron chi connectivity index (χ1n) is 7.68. The van der Waals surface area contributed by atoms with Crippen molar-refractivity contribution in [1.82, 2.24) is 14.8 Å². The van der Waals surface area contributed by atoms with Crippen LogP contribution in [0.4, 0.5) is 0 Å². The average molecular weight is 418 g/mol. The maximum absolute atomic E-state index is 6.02. The number of para-hydroxylation sites is 1. The number of nitrogens with zero attached hydrogens (tertiary/aromatic N) is 3. The number of benzene rings is 2. The van der Waals surface area contributed by atoms with Crippen LogP contribution in [0.1, 0.15) is 5.69 Å². The lowest BCUT2D eigenvalue weighted by Crippen LogP contribution is -1.95. The van der Waals surface area contributed by atoms with Gasteiger partial charge in [0.15, 0.2) is 8.29 Å².